The van der Waals surface area contributed by atoms with Crippen LogP contribution in [-0.2, 0) is 9.59 Å². The monoisotopic (exact) mass is 466 g/mol. The van der Waals surface area contributed by atoms with Crippen LogP contribution in [0.25, 0.3) is 0 Å². The number of hydrogen-bond acceptors (Lipinski definition) is 5. The lowest BCUT2D eigenvalue weighted by molar-refractivity contribution is -0.384. The molecule has 0 saturated carbocycles. The second-order valence-corrected chi connectivity index (χ2v) is 6.45. The molecular formula is C17H15IN4O4. The van der Waals surface area contributed by atoms with Gasteiger partial charge in [-0.05, 0) is 46.9 Å². The van der Waals surface area contributed by atoms with Crippen molar-refractivity contribution in [3.63, 3.8) is 0 Å². The van der Waals surface area contributed by atoms with Crippen molar-refractivity contribution in [3.8, 4) is 0 Å². The van der Waals surface area contributed by atoms with Crippen LogP contribution in [0.3, 0.4) is 0 Å². The number of rotatable bonds is 7. The fourth-order valence-corrected chi connectivity index (χ4v) is 2.30. The summed E-state index contributed by atoms with van der Waals surface area (Å²) in [7, 11) is 0. The second kappa shape index (κ2) is 9.61. The van der Waals surface area contributed by atoms with Gasteiger partial charge in [0, 0.05) is 39.8 Å². The van der Waals surface area contributed by atoms with Gasteiger partial charge in [0.05, 0.1) is 11.1 Å². The van der Waals surface area contributed by atoms with Crippen molar-refractivity contribution in [2.75, 3.05) is 5.32 Å². The van der Waals surface area contributed by atoms with E-state index in [1.807, 2.05) is 12.1 Å². The maximum atomic E-state index is 11.8. The Balaban J connectivity index is 1.76. The van der Waals surface area contributed by atoms with E-state index < -0.39 is 10.8 Å². The lowest BCUT2D eigenvalue weighted by Gasteiger charge is -2.04. The van der Waals surface area contributed by atoms with Crippen molar-refractivity contribution in [3.05, 3.63) is 67.8 Å². The maximum Gasteiger partial charge on any atom is 0.270 e. The average molecular weight is 466 g/mol. The summed E-state index contributed by atoms with van der Waals surface area (Å²) in [5.41, 5.74) is 3.37. The third kappa shape index (κ3) is 6.59. The molecule has 0 heterocycles. The highest BCUT2D eigenvalue weighted by Crippen LogP contribution is 2.12. The molecule has 2 aromatic carbocycles. The Labute approximate surface area is 163 Å². The first-order valence-corrected chi connectivity index (χ1v) is 8.64. The summed E-state index contributed by atoms with van der Waals surface area (Å²) in [5.74, 6) is -0.700. The number of nitro groups is 1. The van der Waals surface area contributed by atoms with Gasteiger partial charge in [-0.15, -0.1) is 0 Å². The summed E-state index contributed by atoms with van der Waals surface area (Å²) in [5, 5.41) is 17.1. The summed E-state index contributed by atoms with van der Waals surface area (Å²) in [6.45, 7) is 0. The van der Waals surface area contributed by atoms with Crippen molar-refractivity contribution in [1.82, 2.24) is 5.43 Å². The Kier molecular flexibility index (Phi) is 7.21. The molecule has 0 bridgehead atoms. The van der Waals surface area contributed by atoms with Gasteiger partial charge in [0.25, 0.3) is 5.69 Å². The van der Waals surface area contributed by atoms with Crippen molar-refractivity contribution in [2.45, 2.75) is 12.8 Å². The van der Waals surface area contributed by atoms with Crippen LogP contribution in [-0.4, -0.2) is 23.0 Å². The standard InChI is InChI=1S/C17H15IN4O4/c18-13-4-6-14(7-5-13)20-16(23)8-9-17(24)21-19-11-12-2-1-3-15(10-12)22(25)26/h1-7,10-11H,8-9H2,(H,20,23)(H,21,24). The Bertz CT molecular complexity index is 837. The van der Waals surface area contributed by atoms with Gasteiger partial charge in [0.1, 0.15) is 0 Å². The summed E-state index contributed by atoms with van der Waals surface area (Å²) >= 11 is 2.16. The topological polar surface area (TPSA) is 114 Å². The average Bonchev–Trinajstić information content (AvgIpc) is 2.62. The van der Waals surface area contributed by atoms with Crippen molar-refractivity contribution in [2.24, 2.45) is 5.10 Å². The minimum atomic E-state index is -0.512. The fourth-order valence-electron chi connectivity index (χ4n) is 1.94. The molecular weight excluding hydrogens is 451 g/mol. The molecule has 8 nitrogen and oxygen atoms in total. The van der Waals surface area contributed by atoms with Crippen LogP contribution in [0.15, 0.2) is 53.6 Å². The van der Waals surface area contributed by atoms with Gasteiger partial charge in [-0.1, -0.05) is 12.1 Å². The zero-order valence-electron chi connectivity index (χ0n) is 13.5. The molecule has 0 aliphatic rings. The van der Waals surface area contributed by atoms with Crippen molar-refractivity contribution >= 4 is 52.0 Å². The number of hydrazone groups is 1. The zero-order valence-corrected chi connectivity index (χ0v) is 15.7. The Morgan fingerprint density at radius 1 is 1.12 bits per heavy atom. The number of amides is 2. The Morgan fingerprint density at radius 3 is 2.50 bits per heavy atom. The van der Waals surface area contributed by atoms with Crippen molar-refractivity contribution in [1.29, 1.82) is 0 Å². The van der Waals surface area contributed by atoms with Gasteiger partial charge in [-0.2, -0.15) is 5.10 Å². The van der Waals surface area contributed by atoms with E-state index in [0.29, 0.717) is 11.3 Å². The summed E-state index contributed by atoms with van der Waals surface area (Å²) in [6.07, 6.45) is 1.29. The predicted octanol–water partition coefficient (Wildman–Crippen LogP) is 3.07. The van der Waals surface area contributed by atoms with E-state index in [4.69, 9.17) is 0 Å². The highest BCUT2D eigenvalue weighted by Gasteiger charge is 2.07. The van der Waals surface area contributed by atoms with Gasteiger partial charge in [0.15, 0.2) is 0 Å². The van der Waals surface area contributed by atoms with Crippen LogP contribution in [0.4, 0.5) is 11.4 Å². The van der Waals surface area contributed by atoms with Crippen LogP contribution >= 0.6 is 22.6 Å². The van der Waals surface area contributed by atoms with Gasteiger partial charge < -0.3 is 5.32 Å². The Hall–Kier alpha value is -2.82. The first-order valence-electron chi connectivity index (χ1n) is 7.56. The molecule has 0 unspecified atom stereocenters. The number of nitrogens with one attached hydrogen (secondary N) is 2. The molecule has 2 rings (SSSR count). The van der Waals surface area contributed by atoms with Crippen LogP contribution in [0.2, 0.25) is 0 Å². The normalized spacial score (nSPS) is 10.5. The van der Waals surface area contributed by atoms with Crippen molar-refractivity contribution < 1.29 is 14.5 Å². The zero-order chi connectivity index (χ0) is 18.9. The molecule has 2 amide bonds. The number of carbonyl (C=O) groups excluding carboxylic acids is 2. The number of nitrogens with zero attached hydrogens (tertiary/aromatic N) is 2. The van der Waals surface area contributed by atoms with Crippen LogP contribution in [0.1, 0.15) is 18.4 Å². The van der Waals surface area contributed by atoms with Gasteiger partial charge >= 0.3 is 0 Å². The molecule has 134 valence electrons. The minimum absolute atomic E-state index is 0.0180. The molecule has 0 saturated heterocycles. The van der Waals surface area contributed by atoms with Gasteiger partial charge in [0.2, 0.25) is 11.8 Å². The number of carbonyl (C=O) groups is 2. The van der Waals surface area contributed by atoms with E-state index >= 15 is 0 Å². The van der Waals surface area contributed by atoms with E-state index in [0.717, 1.165) is 3.57 Å². The lowest BCUT2D eigenvalue weighted by Crippen LogP contribution is -2.20. The number of non-ortho nitro benzene ring substituents is 1. The second-order valence-electron chi connectivity index (χ2n) is 5.20. The lowest BCUT2D eigenvalue weighted by atomic mass is 10.2. The largest absolute Gasteiger partial charge is 0.326 e. The number of benzene rings is 2. The molecule has 2 aromatic rings. The molecule has 2 N–H and O–H groups in total. The molecule has 26 heavy (non-hydrogen) atoms. The van der Waals surface area contributed by atoms with Crippen LogP contribution in [0.5, 0.6) is 0 Å². The predicted molar refractivity (Wildman–Crippen MR) is 106 cm³/mol. The number of nitro benzene ring substituents is 1. The molecule has 0 atom stereocenters. The Morgan fingerprint density at radius 2 is 1.81 bits per heavy atom. The molecule has 0 aromatic heterocycles. The fraction of sp³-hybridized carbons (Fsp3) is 0.118. The number of hydrogen-bond donors (Lipinski definition) is 2. The van der Waals surface area contributed by atoms with Crippen LogP contribution in [0, 0.1) is 13.7 Å². The maximum absolute atomic E-state index is 11.8. The smallest absolute Gasteiger partial charge is 0.270 e. The molecule has 0 aliphatic carbocycles. The van der Waals surface area contributed by atoms with Crippen LogP contribution < -0.4 is 10.7 Å². The summed E-state index contributed by atoms with van der Waals surface area (Å²) in [6, 6.07) is 13.1. The van der Waals surface area contributed by atoms with E-state index in [9.17, 15) is 19.7 Å². The van der Waals surface area contributed by atoms with E-state index in [1.165, 1.54) is 24.4 Å². The molecule has 0 radical (unpaired) electrons. The number of anilines is 1. The highest BCUT2D eigenvalue weighted by atomic mass is 127. The van der Waals surface area contributed by atoms with E-state index in [-0.39, 0.29) is 24.4 Å². The summed E-state index contributed by atoms with van der Waals surface area (Å²) < 4.78 is 1.06. The minimum Gasteiger partial charge on any atom is -0.326 e. The third-order valence-corrected chi connectivity index (χ3v) is 3.91. The molecule has 0 fully saturated rings. The van der Waals surface area contributed by atoms with E-state index in [2.05, 4.69) is 38.4 Å². The number of halogens is 1. The quantitative estimate of drug-likeness (QED) is 0.283. The first kappa shape index (κ1) is 19.5. The molecule has 0 aliphatic heterocycles. The molecule has 0 spiro atoms. The highest BCUT2D eigenvalue weighted by molar-refractivity contribution is 14.1. The third-order valence-electron chi connectivity index (χ3n) is 3.19. The SMILES string of the molecule is O=C(CCC(=O)Nc1ccc(I)cc1)NN=Cc1cccc([N+](=O)[O-])c1. The van der Waals surface area contributed by atoms with E-state index in [1.54, 1.807) is 18.2 Å². The summed E-state index contributed by atoms with van der Waals surface area (Å²) in [4.78, 5) is 33.7. The van der Waals surface area contributed by atoms with Gasteiger partial charge in [-0.3, -0.25) is 19.7 Å². The van der Waals surface area contributed by atoms with Gasteiger partial charge in [-0.25, -0.2) is 5.43 Å². The first-order chi connectivity index (χ1) is 12.4. The molecule has 9 heteroatoms.